The number of nitrogens with one attached hydrogen (secondary N) is 2. The van der Waals surface area contributed by atoms with Crippen LogP contribution in [0, 0.1) is 0 Å². The summed E-state index contributed by atoms with van der Waals surface area (Å²) in [6.07, 6.45) is 3.61. The molecule has 0 saturated carbocycles. The van der Waals surface area contributed by atoms with E-state index < -0.39 is 0 Å². The molecule has 0 saturated heterocycles. The van der Waals surface area contributed by atoms with Gasteiger partial charge in [0.05, 0.1) is 0 Å². The van der Waals surface area contributed by atoms with Crippen molar-refractivity contribution >= 4 is 11.5 Å². The first-order valence-corrected chi connectivity index (χ1v) is 6.76. The van der Waals surface area contributed by atoms with Gasteiger partial charge in [-0.3, -0.25) is 0 Å². The minimum absolute atomic E-state index is 0.874. The molecule has 1 aliphatic rings. The van der Waals surface area contributed by atoms with E-state index in [-0.39, 0.29) is 0 Å². The molecule has 0 unspecified atom stereocenters. The third-order valence-corrected chi connectivity index (χ3v) is 3.49. The average molecular weight is 254 g/mol. The molecule has 1 aromatic carbocycles. The Morgan fingerprint density at radius 3 is 3.16 bits per heavy atom. The number of aryl methyl sites for hydroxylation is 1. The molecule has 0 spiro atoms. The van der Waals surface area contributed by atoms with Crippen molar-refractivity contribution in [2.24, 2.45) is 0 Å². The Morgan fingerprint density at radius 2 is 2.26 bits per heavy atom. The zero-order chi connectivity index (χ0) is 13.1. The van der Waals surface area contributed by atoms with Gasteiger partial charge in [0.2, 0.25) is 0 Å². The van der Waals surface area contributed by atoms with Crippen LogP contribution in [0.25, 0.3) is 0 Å². The summed E-state index contributed by atoms with van der Waals surface area (Å²) in [5.74, 6) is 0.874. The van der Waals surface area contributed by atoms with Crippen molar-refractivity contribution < 1.29 is 0 Å². The fraction of sp³-hybridized carbons (Fsp3) is 0.333. The van der Waals surface area contributed by atoms with Crippen molar-refractivity contribution in [1.82, 2.24) is 15.3 Å². The number of nitrogens with zero attached hydrogens (tertiary/aromatic N) is 2. The quantitative estimate of drug-likeness (QED) is 0.883. The maximum atomic E-state index is 4.29. The van der Waals surface area contributed by atoms with E-state index in [1.54, 1.807) is 6.33 Å². The Bertz CT molecular complexity index is 580. The molecule has 3 rings (SSSR count). The molecule has 2 N–H and O–H groups in total. The van der Waals surface area contributed by atoms with Gasteiger partial charge in [-0.2, -0.15) is 0 Å². The number of anilines is 2. The first-order chi connectivity index (χ1) is 9.36. The number of hydrogen-bond acceptors (Lipinski definition) is 4. The van der Waals surface area contributed by atoms with Crippen LogP contribution in [0.15, 0.2) is 30.6 Å². The van der Waals surface area contributed by atoms with E-state index in [1.807, 2.05) is 6.07 Å². The summed E-state index contributed by atoms with van der Waals surface area (Å²) in [6.45, 7) is 4.09. The highest BCUT2D eigenvalue weighted by molar-refractivity contribution is 5.63. The molecule has 2 heterocycles. The van der Waals surface area contributed by atoms with Crippen molar-refractivity contribution in [3.63, 3.8) is 0 Å². The van der Waals surface area contributed by atoms with E-state index in [0.29, 0.717) is 0 Å². The lowest BCUT2D eigenvalue weighted by molar-refractivity contribution is 0.645. The second kappa shape index (κ2) is 5.36. The predicted molar refractivity (Wildman–Crippen MR) is 76.5 cm³/mol. The summed E-state index contributed by atoms with van der Waals surface area (Å²) in [5.41, 5.74) is 5.00. The minimum atomic E-state index is 0.874. The molecule has 19 heavy (non-hydrogen) atoms. The molecule has 98 valence electrons. The number of aromatic nitrogens is 2. The topological polar surface area (TPSA) is 49.8 Å². The first-order valence-electron chi connectivity index (χ1n) is 6.76. The summed E-state index contributed by atoms with van der Waals surface area (Å²) < 4.78 is 0. The van der Waals surface area contributed by atoms with Crippen molar-refractivity contribution in [3.8, 4) is 0 Å². The second-order valence-corrected chi connectivity index (χ2v) is 4.74. The Balaban J connectivity index is 1.90. The summed E-state index contributed by atoms with van der Waals surface area (Å²) in [5, 5.41) is 6.82. The summed E-state index contributed by atoms with van der Waals surface area (Å²) in [4.78, 5) is 8.52. The summed E-state index contributed by atoms with van der Waals surface area (Å²) in [6, 6.07) is 8.42. The van der Waals surface area contributed by atoms with Crippen molar-refractivity contribution in [1.29, 1.82) is 0 Å². The molecule has 0 radical (unpaired) electrons. The highest BCUT2D eigenvalue weighted by Gasteiger charge is 2.12. The molecule has 0 aliphatic carbocycles. The van der Waals surface area contributed by atoms with Gasteiger partial charge in [-0.25, -0.2) is 9.97 Å². The van der Waals surface area contributed by atoms with Gasteiger partial charge >= 0.3 is 0 Å². The van der Waals surface area contributed by atoms with E-state index in [2.05, 4.69) is 45.7 Å². The highest BCUT2D eigenvalue weighted by Crippen LogP contribution is 2.25. The molecular formula is C15H18N4. The first kappa shape index (κ1) is 12.1. The third kappa shape index (κ3) is 2.58. The standard InChI is InChI=1S/C15H18N4/c1-2-12-8-15(18-10-17-12)19-14-5-3-4-11-9-16-7-6-13(11)14/h3-5,8,10,16H,2,6-7,9H2,1H3,(H,17,18,19). The fourth-order valence-electron chi connectivity index (χ4n) is 2.45. The lowest BCUT2D eigenvalue weighted by atomic mass is 9.99. The van der Waals surface area contributed by atoms with E-state index in [9.17, 15) is 0 Å². The molecule has 0 amide bonds. The average Bonchev–Trinajstić information content (AvgIpc) is 2.48. The van der Waals surface area contributed by atoms with E-state index in [0.717, 1.165) is 37.4 Å². The largest absolute Gasteiger partial charge is 0.340 e. The van der Waals surface area contributed by atoms with Crippen LogP contribution in [0.4, 0.5) is 11.5 Å². The molecule has 4 nitrogen and oxygen atoms in total. The van der Waals surface area contributed by atoms with Crippen LogP contribution in [0.5, 0.6) is 0 Å². The number of rotatable bonds is 3. The van der Waals surface area contributed by atoms with Crippen LogP contribution in [-0.4, -0.2) is 16.5 Å². The lowest BCUT2D eigenvalue weighted by Crippen LogP contribution is -2.24. The van der Waals surface area contributed by atoms with Gasteiger partial charge in [-0.15, -0.1) is 0 Å². The van der Waals surface area contributed by atoms with Crippen molar-refractivity contribution in [3.05, 3.63) is 47.4 Å². The van der Waals surface area contributed by atoms with Gasteiger partial charge in [-0.05, 0) is 36.6 Å². The van der Waals surface area contributed by atoms with E-state index >= 15 is 0 Å². The van der Waals surface area contributed by atoms with Crippen LogP contribution >= 0.6 is 0 Å². The van der Waals surface area contributed by atoms with Gasteiger partial charge in [0.1, 0.15) is 12.1 Å². The molecule has 0 fully saturated rings. The van der Waals surface area contributed by atoms with Crippen LogP contribution in [-0.2, 0) is 19.4 Å². The molecule has 0 bridgehead atoms. The highest BCUT2D eigenvalue weighted by atomic mass is 15.0. The number of benzene rings is 1. The summed E-state index contributed by atoms with van der Waals surface area (Å²) in [7, 11) is 0. The smallest absolute Gasteiger partial charge is 0.133 e. The lowest BCUT2D eigenvalue weighted by Gasteiger charge is -2.20. The normalized spacial score (nSPS) is 13.9. The predicted octanol–water partition coefficient (Wildman–Crippen LogP) is 2.43. The fourth-order valence-corrected chi connectivity index (χ4v) is 2.45. The van der Waals surface area contributed by atoms with Gasteiger partial charge in [-0.1, -0.05) is 19.1 Å². The Kier molecular flexibility index (Phi) is 3.42. The maximum Gasteiger partial charge on any atom is 0.133 e. The minimum Gasteiger partial charge on any atom is -0.340 e. The summed E-state index contributed by atoms with van der Waals surface area (Å²) >= 11 is 0. The Labute approximate surface area is 113 Å². The van der Waals surface area contributed by atoms with Crippen molar-refractivity contribution in [2.75, 3.05) is 11.9 Å². The SMILES string of the molecule is CCc1cc(Nc2cccc3c2CCNC3)ncn1. The van der Waals surface area contributed by atoms with Gasteiger partial charge in [0, 0.05) is 24.0 Å². The van der Waals surface area contributed by atoms with E-state index in [4.69, 9.17) is 0 Å². The van der Waals surface area contributed by atoms with Crippen LogP contribution < -0.4 is 10.6 Å². The maximum absolute atomic E-state index is 4.29. The molecule has 4 heteroatoms. The Hall–Kier alpha value is -1.94. The van der Waals surface area contributed by atoms with Crippen LogP contribution in [0.3, 0.4) is 0 Å². The zero-order valence-electron chi connectivity index (χ0n) is 11.1. The van der Waals surface area contributed by atoms with E-state index in [1.165, 1.54) is 16.8 Å². The van der Waals surface area contributed by atoms with Gasteiger partial charge in [0.25, 0.3) is 0 Å². The van der Waals surface area contributed by atoms with Crippen LogP contribution in [0.2, 0.25) is 0 Å². The van der Waals surface area contributed by atoms with Gasteiger partial charge in [0.15, 0.2) is 0 Å². The Morgan fingerprint density at radius 1 is 1.32 bits per heavy atom. The monoisotopic (exact) mass is 254 g/mol. The molecule has 1 aromatic heterocycles. The van der Waals surface area contributed by atoms with Gasteiger partial charge < -0.3 is 10.6 Å². The third-order valence-electron chi connectivity index (χ3n) is 3.49. The second-order valence-electron chi connectivity index (χ2n) is 4.74. The molecule has 2 aromatic rings. The van der Waals surface area contributed by atoms with Crippen LogP contribution in [0.1, 0.15) is 23.7 Å². The van der Waals surface area contributed by atoms with Crippen molar-refractivity contribution in [2.45, 2.75) is 26.3 Å². The zero-order valence-corrected chi connectivity index (χ0v) is 11.1. The molecule has 0 atom stereocenters. The molecule has 1 aliphatic heterocycles. The molecular weight excluding hydrogens is 236 g/mol. The number of hydrogen-bond donors (Lipinski definition) is 2. The number of fused-ring (bicyclic) bond motifs is 1.